The minimum atomic E-state index is -2.07. The van der Waals surface area contributed by atoms with Crippen LogP contribution in [0.15, 0.2) is 164 Å². The van der Waals surface area contributed by atoms with Gasteiger partial charge in [0.2, 0.25) is 0 Å². The van der Waals surface area contributed by atoms with E-state index in [9.17, 15) is 0 Å². The second kappa shape index (κ2) is 12.5. The van der Waals surface area contributed by atoms with Gasteiger partial charge >= 0.3 is 0 Å². The zero-order valence-corrected chi connectivity index (χ0v) is 24.3. The fraction of sp³-hybridized carbons (Fsp3) is 0.0526. The fourth-order valence-corrected chi connectivity index (χ4v) is 10.4. The zero-order valence-electron chi connectivity index (χ0n) is 22.6. The van der Waals surface area contributed by atoms with E-state index in [2.05, 4.69) is 171 Å². The zero-order chi connectivity index (χ0) is 26.5. The molecule has 0 aromatic heterocycles. The highest BCUT2D eigenvalue weighted by atomic mass is 35.5. The Balaban J connectivity index is 0.00000323. The summed E-state index contributed by atoms with van der Waals surface area (Å²) in [5.41, 5.74) is 7.84. The Morgan fingerprint density at radius 2 is 0.875 bits per heavy atom. The molecule has 6 aromatic carbocycles. The SMILES string of the molecule is Cc1c([P+](Cc2ccccc2)(c2ccccc2)c2ccccc2)ccc(-c2ccccc2)c1-c1ccccc1.[Cl-]. The maximum absolute atomic E-state index is 2.43. The monoisotopic (exact) mass is 554 g/mol. The molecule has 0 fully saturated rings. The molecule has 196 valence electrons. The lowest BCUT2D eigenvalue weighted by molar-refractivity contribution is -0.00000751. The molecule has 0 aliphatic carbocycles. The first-order valence-electron chi connectivity index (χ1n) is 13.6. The standard InChI is InChI=1S/C38H32P.ClH/c1-30-37(28-27-36(32-19-9-3-10-20-32)38(30)33-21-11-4-12-22-33)39(34-23-13-5-14-24-34,35-25-15-6-16-26-35)29-31-17-7-2-8-18-31;/h2-28H,29H2,1H3;1H/q+1;/p-1. The lowest BCUT2D eigenvalue weighted by Gasteiger charge is -2.30. The van der Waals surface area contributed by atoms with Gasteiger partial charge in [-0.1, -0.05) is 127 Å². The molecule has 0 saturated heterocycles. The minimum absolute atomic E-state index is 0. The van der Waals surface area contributed by atoms with E-state index < -0.39 is 7.26 Å². The van der Waals surface area contributed by atoms with Crippen molar-refractivity contribution in [1.82, 2.24) is 0 Å². The third kappa shape index (κ3) is 5.26. The molecule has 6 rings (SSSR count). The molecule has 0 bridgehead atoms. The van der Waals surface area contributed by atoms with Crippen molar-refractivity contribution in [2.75, 3.05) is 0 Å². The van der Waals surface area contributed by atoms with Crippen molar-refractivity contribution in [1.29, 1.82) is 0 Å². The average molecular weight is 555 g/mol. The van der Waals surface area contributed by atoms with Gasteiger partial charge in [-0.25, -0.2) is 0 Å². The van der Waals surface area contributed by atoms with E-state index in [0.717, 1.165) is 6.16 Å². The van der Waals surface area contributed by atoms with Crippen LogP contribution >= 0.6 is 7.26 Å². The summed E-state index contributed by atoms with van der Waals surface area (Å²) in [6, 6.07) is 60.0. The lowest BCUT2D eigenvalue weighted by Crippen LogP contribution is -3.00. The van der Waals surface area contributed by atoms with Crippen LogP contribution in [0.5, 0.6) is 0 Å². The summed E-state index contributed by atoms with van der Waals surface area (Å²) in [4.78, 5) is 0. The number of halogens is 1. The molecule has 0 nitrogen and oxygen atoms in total. The van der Waals surface area contributed by atoms with Crippen molar-refractivity contribution in [2.24, 2.45) is 0 Å². The van der Waals surface area contributed by atoms with Crippen LogP contribution in [0, 0.1) is 6.92 Å². The van der Waals surface area contributed by atoms with Gasteiger partial charge in [-0.05, 0) is 71.1 Å². The second-order valence-electron chi connectivity index (χ2n) is 9.99. The smallest absolute Gasteiger partial charge is 0.116 e. The third-order valence-corrected chi connectivity index (χ3v) is 12.2. The van der Waals surface area contributed by atoms with Crippen molar-refractivity contribution in [3.8, 4) is 22.3 Å². The molecule has 6 aromatic rings. The van der Waals surface area contributed by atoms with E-state index in [-0.39, 0.29) is 12.4 Å². The Bertz CT molecular complexity index is 1610. The summed E-state index contributed by atoms with van der Waals surface area (Å²) in [5, 5.41) is 4.27. The minimum Gasteiger partial charge on any atom is -1.00 e. The van der Waals surface area contributed by atoms with Crippen LogP contribution in [0.1, 0.15) is 11.1 Å². The Morgan fingerprint density at radius 1 is 0.450 bits per heavy atom. The van der Waals surface area contributed by atoms with Crippen LogP contribution < -0.4 is 28.3 Å². The normalized spacial score (nSPS) is 11.0. The average Bonchev–Trinajstić information content (AvgIpc) is 3.02. The van der Waals surface area contributed by atoms with Crippen LogP contribution in [-0.2, 0) is 6.16 Å². The van der Waals surface area contributed by atoms with Gasteiger partial charge < -0.3 is 12.4 Å². The van der Waals surface area contributed by atoms with E-state index in [1.165, 1.54) is 49.3 Å². The van der Waals surface area contributed by atoms with Gasteiger partial charge in [-0.3, -0.25) is 0 Å². The molecule has 0 saturated carbocycles. The van der Waals surface area contributed by atoms with Gasteiger partial charge in [0.1, 0.15) is 23.2 Å². The topological polar surface area (TPSA) is 0 Å². The highest BCUT2D eigenvalue weighted by molar-refractivity contribution is 7.95. The molecule has 40 heavy (non-hydrogen) atoms. The Labute approximate surface area is 245 Å². The molecule has 2 heteroatoms. The summed E-state index contributed by atoms with van der Waals surface area (Å²) in [5.74, 6) is 0. The first-order valence-corrected chi connectivity index (χ1v) is 15.5. The van der Waals surface area contributed by atoms with E-state index in [1.807, 2.05) is 0 Å². The van der Waals surface area contributed by atoms with Gasteiger partial charge in [-0.15, -0.1) is 0 Å². The van der Waals surface area contributed by atoms with E-state index in [1.54, 1.807) is 0 Å². The quantitative estimate of drug-likeness (QED) is 0.218. The Morgan fingerprint density at radius 3 is 1.38 bits per heavy atom. The number of hydrogen-bond donors (Lipinski definition) is 0. The summed E-state index contributed by atoms with van der Waals surface area (Å²) < 4.78 is 0. The third-order valence-electron chi connectivity index (χ3n) is 7.65. The molecule has 0 radical (unpaired) electrons. The maximum Gasteiger partial charge on any atom is 0.116 e. The fourth-order valence-electron chi connectivity index (χ4n) is 5.87. The van der Waals surface area contributed by atoms with Crippen LogP contribution in [0.4, 0.5) is 0 Å². The van der Waals surface area contributed by atoms with E-state index >= 15 is 0 Å². The summed E-state index contributed by atoms with van der Waals surface area (Å²) >= 11 is 0. The predicted octanol–water partition coefficient (Wildman–Crippen LogP) is 5.83. The lowest BCUT2D eigenvalue weighted by atomic mass is 9.91. The number of hydrogen-bond acceptors (Lipinski definition) is 0. The molecular formula is C38H32ClP. The van der Waals surface area contributed by atoms with Crippen molar-refractivity contribution in [3.63, 3.8) is 0 Å². The molecule has 0 atom stereocenters. The van der Waals surface area contributed by atoms with Gasteiger partial charge in [0.15, 0.2) is 0 Å². The summed E-state index contributed by atoms with van der Waals surface area (Å²) in [6.07, 6.45) is 0.974. The van der Waals surface area contributed by atoms with E-state index in [0.29, 0.717) is 0 Å². The Hall–Kier alpha value is -3.96. The largest absolute Gasteiger partial charge is 1.00 e. The van der Waals surface area contributed by atoms with Gasteiger partial charge in [0.25, 0.3) is 0 Å². The molecule has 0 aliphatic heterocycles. The molecule has 0 aliphatic rings. The van der Waals surface area contributed by atoms with Crippen LogP contribution in [-0.4, -0.2) is 0 Å². The molecule has 0 unspecified atom stereocenters. The molecule has 0 heterocycles. The summed E-state index contributed by atoms with van der Waals surface area (Å²) in [7, 11) is -2.07. The van der Waals surface area contributed by atoms with Crippen LogP contribution in [0.2, 0.25) is 0 Å². The predicted molar refractivity (Wildman–Crippen MR) is 171 cm³/mol. The molecule has 0 spiro atoms. The Kier molecular flexibility index (Phi) is 8.61. The highest BCUT2D eigenvalue weighted by Crippen LogP contribution is 2.59. The second-order valence-corrected chi connectivity index (χ2v) is 13.4. The maximum atomic E-state index is 2.43. The molecular weight excluding hydrogens is 523 g/mol. The summed E-state index contributed by atoms with van der Waals surface area (Å²) in [6.45, 7) is 2.34. The first-order chi connectivity index (χ1) is 19.3. The molecule has 0 N–H and O–H groups in total. The van der Waals surface area contributed by atoms with Gasteiger partial charge in [-0.2, -0.15) is 0 Å². The van der Waals surface area contributed by atoms with Crippen molar-refractivity contribution in [2.45, 2.75) is 13.1 Å². The highest BCUT2D eigenvalue weighted by Gasteiger charge is 2.47. The van der Waals surface area contributed by atoms with Crippen LogP contribution in [0.3, 0.4) is 0 Å². The van der Waals surface area contributed by atoms with Gasteiger partial charge in [0, 0.05) is 5.56 Å². The van der Waals surface area contributed by atoms with Crippen molar-refractivity contribution < 1.29 is 12.4 Å². The van der Waals surface area contributed by atoms with Gasteiger partial charge in [0.05, 0.1) is 6.16 Å². The van der Waals surface area contributed by atoms with E-state index in [4.69, 9.17) is 0 Å². The number of benzene rings is 6. The number of rotatable bonds is 7. The van der Waals surface area contributed by atoms with Crippen molar-refractivity contribution >= 4 is 23.2 Å². The van der Waals surface area contributed by atoms with Crippen LogP contribution in [0.25, 0.3) is 22.3 Å². The molecule has 0 amide bonds. The first kappa shape index (κ1) is 27.6. The van der Waals surface area contributed by atoms with Crippen molar-refractivity contribution in [3.05, 3.63) is 175 Å².